The average Bonchev–Trinajstić information content (AvgIpc) is 3.78. The molecule has 15 rings (SSSR count). The molecule has 0 N–H and O–H groups in total. The van der Waals surface area contributed by atoms with Crippen molar-refractivity contribution in [2.75, 3.05) is 36.2 Å². The minimum absolute atomic E-state index is 0.0764. The van der Waals surface area contributed by atoms with Crippen LogP contribution in [0.2, 0.25) is 0 Å². The van der Waals surface area contributed by atoms with Crippen LogP contribution in [0, 0.1) is 6.92 Å². The highest BCUT2D eigenvalue weighted by molar-refractivity contribution is 7.00. The number of rotatable bonds is 4. The van der Waals surface area contributed by atoms with E-state index in [0.29, 0.717) is 26.4 Å². The third-order valence-electron chi connectivity index (χ3n) is 16.6. The van der Waals surface area contributed by atoms with E-state index in [-0.39, 0.29) is 17.5 Å². The van der Waals surface area contributed by atoms with Crippen LogP contribution in [0.15, 0.2) is 170 Å². The van der Waals surface area contributed by atoms with E-state index in [1.54, 1.807) is 0 Å². The first kappa shape index (κ1) is 41.6. The molecule has 0 aromatic heterocycles. The van der Waals surface area contributed by atoms with Gasteiger partial charge in [0.15, 0.2) is 23.0 Å². The Balaban J connectivity index is 0.955. The zero-order valence-electron chi connectivity index (χ0n) is 41.1. The standard InChI is InChI=1S/C65H51BN2O4/c1-38-30-57-63-58(31-38)68(44-19-25-60-62(37-44)72-29-27-70-60)56-35-42(40-15-21-48-46-11-7-9-13-50(46)65(4,5)52(48)33-40)17-23-54(56)66(63)53-22-16-41(34-55(53)67(57)43-18-24-59-61(36-43)71-28-26-69-59)39-14-20-47-45-10-6-8-12-49(45)64(2,3)51(47)32-39/h6-25,30-37H,26-29H2,1-5H3. The van der Waals surface area contributed by atoms with Gasteiger partial charge in [-0.1, -0.05) is 125 Å². The summed E-state index contributed by atoms with van der Waals surface area (Å²) in [7, 11) is 0. The molecule has 9 aromatic carbocycles. The molecule has 0 radical (unpaired) electrons. The second-order valence-electron chi connectivity index (χ2n) is 21.4. The highest BCUT2D eigenvalue weighted by Crippen LogP contribution is 2.53. The van der Waals surface area contributed by atoms with E-state index in [4.69, 9.17) is 18.9 Å². The molecular weight excluding hydrogens is 884 g/mol. The molecule has 0 atom stereocenters. The molecule has 6 aliphatic rings. The molecule has 4 heterocycles. The second kappa shape index (κ2) is 14.9. The van der Waals surface area contributed by atoms with Gasteiger partial charge in [-0.15, -0.1) is 0 Å². The van der Waals surface area contributed by atoms with Crippen molar-refractivity contribution in [3.8, 4) is 67.5 Å². The van der Waals surface area contributed by atoms with Gasteiger partial charge in [0.2, 0.25) is 0 Å². The van der Waals surface area contributed by atoms with E-state index < -0.39 is 0 Å². The maximum absolute atomic E-state index is 6.30. The van der Waals surface area contributed by atoms with Crippen LogP contribution in [0.3, 0.4) is 0 Å². The Morgan fingerprint density at radius 1 is 0.375 bits per heavy atom. The lowest BCUT2D eigenvalue weighted by atomic mass is 9.33. The fraction of sp³-hybridized carbons (Fsp3) is 0.169. The molecule has 7 heteroatoms. The number of anilines is 6. The highest BCUT2D eigenvalue weighted by Gasteiger charge is 2.45. The van der Waals surface area contributed by atoms with E-state index in [9.17, 15) is 0 Å². The zero-order valence-corrected chi connectivity index (χ0v) is 41.1. The molecule has 0 unspecified atom stereocenters. The first-order valence-corrected chi connectivity index (χ1v) is 25.4. The highest BCUT2D eigenvalue weighted by atomic mass is 16.6. The maximum atomic E-state index is 6.30. The largest absolute Gasteiger partial charge is 0.486 e. The summed E-state index contributed by atoms with van der Waals surface area (Å²) in [6.45, 7) is 13.7. The van der Waals surface area contributed by atoms with Gasteiger partial charge in [-0.05, 0) is 156 Å². The van der Waals surface area contributed by atoms with Crippen LogP contribution < -0.4 is 45.1 Å². The van der Waals surface area contributed by atoms with Crippen LogP contribution in [0.5, 0.6) is 23.0 Å². The van der Waals surface area contributed by atoms with Crippen LogP contribution >= 0.6 is 0 Å². The van der Waals surface area contributed by atoms with Gasteiger partial charge in [-0.2, -0.15) is 0 Å². The lowest BCUT2D eigenvalue weighted by molar-refractivity contribution is 0.171. The summed E-state index contributed by atoms with van der Waals surface area (Å²) in [5, 5.41) is 0. The van der Waals surface area contributed by atoms with Crippen molar-refractivity contribution in [3.05, 3.63) is 198 Å². The normalized spacial score (nSPS) is 16.2. The Morgan fingerprint density at radius 3 is 1.25 bits per heavy atom. The Labute approximate surface area is 421 Å². The summed E-state index contributed by atoms with van der Waals surface area (Å²) in [4.78, 5) is 4.94. The van der Waals surface area contributed by atoms with Gasteiger partial charge < -0.3 is 28.7 Å². The summed E-state index contributed by atoms with van der Waals surface area (Å²) in [5.41, 5.74) is 26.8. The minimum Gasteiger partial charge on any atom is -0.486 e. The van der Waals surface area contributed by atoms with E-state index >= 15 is 0 Å². The van der Waals surface area contributed by atoms with E-state index in [1.165, 1.54) is 83.1 Å². The lowest BCUT2D eigenvalue weighted by Gasteiger charge is -2.44. The molecule has 72 heavy (non-hydrogen) atoms. The number of hydrogen-bond donors (Lipinski definition) is 0. The predicted octanol–water partition coefficient (Wildman–Crippen LogP) is 13.6. The topological polar surface area (TPSA) is 43.4 Å². The van der Waals surface area contributed by atoms with Gasteiger partial charge in [0, 0.05) is 45.7 Å². The first-order chi connectivity index (χ1) is 35.1. The van der Waals surface area contributed by atoms with Gasteiger partial charge in [-0.3, -0.25) is 0 Å². The molecule has 2 aliphatic carbocycles. The van der Waals surface area contributed by atoms with Gasteiger partial charge in [0.25, 0.3) is 6.71 Å². The van der Waals surface area contributed by atoms with E-state index in [1.807, 2.05) is 0 Å². The van der Waals surface area contributed by atoms with Gasteiger partial charge in [0.1, 0.15) is 26.4 Å². The third kappa shape index (κ3) is 5.85. The lowest BCUT2D eigenvalue weighted by Crippen LogP contribution is -2.61. The Hall–Kier alpha value is -8.16. The molecule has 9 aromatic rings. The SMILES string of the molecule is Cc1cc2c3c(c1)N(c1ccc4c(c1)OCCO4)c1cc(-c4ccc5c(c4)C(C)(C)c4ccccc4-5)ccc1B3c1ccc(-c3ccc4c(c3)C(C)(C)c3ccccc3-4)cc1N2c1ccc2c(c1)OCCO2. The maximum Gasteiger partial charge on any atom is 0.252 e. The van der Waals surface area contributed by atoms with Crippen molar-refractivity contribution in [1.29, 1.82) is 0 Å². The van der Waals surface area contributed by atoms with Crippen molar-refractivity contribution < 1.29 is 18.9 Å². The molecule has 6 nitrogen and oxygen atoms in total. The molecule has 0 amide bonds. The number of fused-ring (bicyclic) bond motifs is 12. The third-order valence-corrected chi connectivity index (χ3v) is 16.6. The quantitative estimate of drug-likeness (QED) is 0.164. The first-order valence-electron chi connectivity index (χ1n) is 25.4. The zero-order chi connectivity index (χ0) is 48.2. The number of benzene rings is 9. The van der Waals surface area contributed by atoms with E-state index in [2.05, 4.69) is 214 Å². The Kier molecular flexibility index (Phi) is 8.63. The van der Waals surface area contributed by atoms with Crippen molar-refractivity contribution in [2.24, 2.45) is 0 Å². The Morgan fingerprint density at radius 2 is 0.778 bits per heavy atom. The summed E-state index contributed by atoms with van der Waals surface area (Å²) >= 11 is 0. The monoisotopic (exact) mass is 934 g/mol. The number of hydrogen-bond acceptors (Lipinski definition) is 6. The van der Waals surface area contributed by atoms with Crippen molar-refractivity contribution in [3.63, 3.8) is 0 Å². The summed E-state index contributed by atoms with van der Waals surface area (Å²) < 4.78 is 24.8. The molecule has 0 fully saturated rings. The van der Waals surface area contributed by atoms with Crippen LogP contribution in [-0.2, 0) is 10.8 Å². The van der Waals surface area contributed by atoms with Crippen molar-refractivity contribution in [1.82, 2.24) is 0 Å². The molecule has 0 saturated heterocycles. The van der Waals surface area contributed by atoms with Crippen molar-refractivity contribution >= 4 is 57.2 Å². The van der Waals surface area contributed by atoms with Gasteiger partial charge >= 0.3 is 0 Å². The second-order valence-corrected chi connectivity index (χ2v) is 21.4. The molecule has 0 spiro atoms. The molecule has 4 aliphatic heterocycles. The van der Waals surface area contributed by atoms with Crippen LogP contribution in [-0.4, -0.2) is 33.1 Å². The van der Waals surface area contributed by atoms with Gasteiger partial charge in [0.05, 0.1) is 11.4 Å². The number of aryl methyl sites for hydroxylation is 1. The number of nitrogens with zero attached hydrogens (tertiary/aromatic N) is 2. The minimum atomic E-state index is -0.116. The van der Waals surface area contributed by atoms with Crippen LogP contribution in [0.25, 0.3) is 44.5 Å². The van der Waals surface area contributed by atoms with Gasteiger partial charge in [-0.25, -0.2) is 0 Å². The smallest absolute Gasteiger partial charge is 0.252 e. The molecule has 0 bridgehead atoms. The fourth-order valence-electron chi connectivity index (χ4n) is 13.2. The van der Waals surface area contributed by atoms with Crippen LogP contribution in [0.1, 0.15) is 55.5 Å². The average molecular weight is 935 g/mol. The number of ether oxygens (including phenoxy) is 4. The Bertz CT molecular complexity index is 3590. The van der Waals surface area contributed by atoms with Crippen LogP contribution in [0.4, 0.5) is 34.1 Å². The summed E-state index contributed by atoms with van der Waals surface area (Å²) in [5.74, 6) is 3.06. The summed E-state index contributed by atoms with van der Waals surface area (Å²) in [6.07, 6.45) is 0. The fourth-order valence-corrected chi connectivity index (χ4v) is 13.2. The van der Waals surface area contributed by atoms with Crippen molar-refractivity contribution in [2.45, 2.75) is 45.4 Å². The van der Waals surface area contributed by atoms with E-state index in [0.717, 1.165) is 62.7 Å². The molecule has 348 valence electrons. The molecule has 0 saturated carbocycles. The molecular formula is C65H51BN2O4. The summed E-state index contributed by atoms with van der Waals surface area (Å²) in [6, 6.07) is 63.9. The predicted molar refractivity (Wildman–Crippen MR) is 293 cm³/mol.